The molecule has 0 spiro atoms. The van der Waals surface area contributed by atoms with Crippen molar-refractivity contribution in [1.29, 1.82) is 0 Å². The number of rotatable bonds is 7. The van der Waals surface area contributed by atoms with Gasteiger partial charge in [0, 0.05) is 17.4 Å². The standard InChI is InChI=1S/C16H23NO3S/c1-5-20-15(18)10-17(12(2)3)16(19)14-8-6-13(7-9-14)11-21-4/h6-9,12H,5,10-11H2,1-4H3. The predicted octanol–water partition coefficient (Wildman–Crippen LogP) is 2.96. The van der Waals surface area contributed by atoms with Crippen LogP contribution in [-0.2, 0) is 15.3 Å². The third-order valence-electron chi connectivity index (χ3n) is 3.00. The van der Waals surface area contributed by atoms with E-state index in [2.05, 4.69) is 0 Å². The van der Waals surface area contributed by atoms with Gasteiger partial charge in [-0.1, -0.05) is 12.1 Å². The van der Waals surface area contributed by atoms with E-state index in [1.54, 1.807) is 18.7 Å². The van der Waals surface area contributed by atoms with E-state index in [1.807, 2.05) is 44.4 Å². The van der Waals surface area contributed by atoms with Crippen LogP contribution in [0.4, 0.5) is 0 Å². The highest BCUT2D eigenvalue weighted by Gasteiger charge is 2.22. The minimum Gasteiger partial charge on any atom is -0.465 e. The molecule has 1 aromatic carbocycles. The van der Waals surface area contributed by atoms with E-state index in [-0.39, 0.29) is 24.5 Å². The maximum atomic E-state index is 12.5. The van der Waals surface area contributed by atoms with Gasteiger partial charge in [-0.3, -0.25) is 9.59 Å². The molecule has 1 rings (SSSR count). The molecule has 0 heterocycles. The van der Waals surface area contributed by atoms with Crippen LogP contribution in [-0.4, -0.2) is 42.2 Å². The number of hydrogen-bond acceptors (Lipinski definition) is 4. The molecule has 0 aromatic heterocycles. The largest absolute Gasteiger partial charge is 0.465 e. The van der Waals surface area contributed by atoms with Crippen molar-refractivity contribution in [3.05, 3.63) is 35.4 Å². The Labute approximate surface area is 130 Å². The van der Waals surface area contributed by atoms with Crippen molar-refractivity contribution in [3.8, 4) is 0 Å². The number of ether oxygens (including phenoxy) is 1. The molecule has 0 N–H and O–H groups in total. The lowest BCUT2D eigenvalue weighted by molar-refractivity contribution is -0.144. The molecular weight excluding hydrogens is 286 g/mol. The summed E-state index contributed by atoms with van der Waals surface area (Å²) in [5.41, 5.74) is 1.78. The van der Waals surface area contributed by atoms with Crippen molar-refractivity contribution in [2.24, 2.45) is 0 Å². The van der Waals surface area contributed by atoms with Crippen molar-refractivity contribution < 1.29 is 14.3 Å². The first-order valence-corrected chi connectivity index (χ1v) is 8.43. The number of carbonyl (C=O) groups excluding carboxylic acids is 2. The third-order valence-corrected chi connectivity index (χ3v) is 3.62. The van der Waals surface area contributed by atoms with Gasteiger partial charge in [-0.2, -0.15) is 11.8 Å². The Morgan fingerprint density at radius 2 is 1.86 bits per heavy atom. The molecule has 0 aliphatic carbocycles. The highest BCUT2D eigenvalue weighted by atomic mass is 32.2. The fraction of sp³-hybridized carbons (Fsp3) is 0.500. The van der Waals surface area contributed by atoms with E-state index in [9.17, 15) is 9.59 Å². The number of benzene rings is 1. The summed E-state index contributed by atoms with van der Waals surface area (Å²) >= 11 is 1.74. The zero-order valence-electron chi connectivity index (χ0n) is 13.1. The minimum absolute atomic E-state index is 0.0170. The summed E-state index contributed by atoms with van der Waals surface area (Å²) in [7, 11) is 0. The second-order valence-electron chi connectivity index (χ2n) is 4.96. The Kier molecular flexibility index (Phi) is 7.29. The zero-order chi connectivity index (χ0) is 15.8. The highest BCUT2D eigenvalue weighted by molar-refractivity contribution is 7.97. The summed E-state index contributed by atoms with van der Waals surface area (Å²) in [5.74, 6) is 0.401. The van der Waals surface area contributed by atoms with Crippen LogP contribution in [0.5, 0.6) is 0 Å². The van der Waals surface area contributed by atoms with Crippen LogP contribution in [0.25, 0.3) is 0 Å². The van der Waals surface area contributed by atoms with Gasteiger partial charge in [-0.05, 0) is 44.7 Å². The van der Waals surface area contributed by atoms with Gasteiger partial charge >= 0.3 is 5.97 Å². The predicted molar refractivity (Wildman–Crippen MR) is 86.5 cm³/mol. The summed E-state index contributed by atoms with van der Waals surface area (Å²) < 4.78 is 4.92. The number of nitrogens with zero attached hydrogens (tertiary/aromatic N) is 1. The molecule has 5 heteroatoms. The summed E-state index contributed by atoms with van der Waals surface area (Å²) in [6, 6.07) is 7.47. The lowest BCUT2D eigenvalue weighted by Gasteiger charge is -2.25. The van der Waals surface area contributed by atoms with Gasteiger partial charge in [0.2, 0.25) is 0 Å². The van der Waals surface area contributed by atoms with E-state index in [0.717, 1.165) is 5.75 Å². The quantitative estimate of drug-likeness (QED) is 0.727. The molecule has 0 aliphatic rings. The summed E-state index contributed by atoms with van der Waals surface area (Å²) in [5, 5.41) is 0. The fourth-order valence-electron chi connectivity index (χ4n) is 1.91. The highest BCUT2D eigenvalue weighted by Crippen LogP contribution is 2.13. The summed E-state index contributed by atoms with van der Waals surface area (Å²) in [6.45, 7) is 5.83. The van der Waals surface area contributed by atoms with Gasteiger partial charge in [-0.25, -0.2) is 0 Å². The Bertz CT molecular complexity index is 471. The van der Waals surface area contributed by atoms with Gasteiger partial charge in [0.05, 0.1) is 6.61 Å². The Morgan fingerprint density at radius 3 is 2.33 bits per heavy atom. The third kappa shape index (κ3) is 5.42. The lowest BCUT2D eigenvalue weighted by Crippen LogP contribution is -2.41. The molecule has 0 aliphatic heterocycles. The normalized spacial score (nSPS) is 10.5. The van der Waals surface area contributed by atoms with Gasteiger partial charge in [0.15, 0.2) is 0 Å². The van der Waals surface area contributed by atoms with Crippen molar-refractivity contribution in [3.63, 3.8) is 0 Å². The van der Waals surface area contributed by atoms with Gasteiger partial charge < -0.3 is 9.64 Å². The number of thioether (sulfide) groups is 1. The first-order valence-electron chi connectivity index (χ1n) is 7.04. The molecule has 0 fully saturated rings. The molecule has 0 bridgehead atoms. The molecule has 0 saturated heterocycles. The Balaban J connectivity index is 2.82. The maximum Gasteiger partial charge on any atom is 0.325 e. The maximum absolute atomic E-state index is 12.5. The second-order valence-corrected chi connectivity index (χ2v) is 5.83. The summed E-state index contributed by atoms with van der Waals surface area (Å²) in [4.78, 5) is 25.7. The molecule has 116 valence electrons. The fourth-order valence-corrected chi connectivity index (χ4v) is 2.44. The number of esters is 1. The van der Waals surface area contributed by atoms with Gasteiger partial charge in [0.1, 0.15) is 6.54 Å². The van der Waals surface area contributed by atoms with Crippen molar-refractivity contribution in [2.75, 3.05) is 19.4 Å². The molecule has 4 nitrogen and oxygen atoms in total. The molecule has 0 radical (unpaired) electrons. The molecule has 0 saturated carbocycles. The van der Waals surface area contributed by atoms with Crippen LogP contribution >= 0.6 is 11.8 Å². The van der Waals surface area contributed by atoms with Crippen molar-refractivity contribution in [2.45, 2.75) is 32.6 Å². The molecule has 0 unspecified atom stereocenters. The van der Waals surface area contributed by atoms with Crippen LogP contribution in [0.1, 0.15) is 36.7 Å². The number of carbonyl (C=O) groups is 2. The molecule has 21 heavy (non-hydrogen) atoms. The molecule has 1 aromatic rings. The van der Waals surface area contributed by atoms with E-state index in [0.29, 0.717) is 12.2 Å². The van der Waals surface area contributed by atoms with E-state index in [1.165, 1.54) is 10.5 Å². The Hall–Kier alpha value is -1.49. The van der Waals surface area contributed by atoms with Crippen LogP contribution in [0.3, 0.4) is 0 Å². The van der Waals surface area contributed by atoms with Crippen molar-refractivity contribution in [1.82, 2.24) is 4.90 Å². The van der Waals surface area contributed by atoms with Gasteiger partial charge in [0.25, 0.3) is 5.91 Å². The second kappa shape index (κ2) is 8.72. The van der Waals surface area contributed by atoms with Crippen LogP contribution in [0, 0.1) is 0 Å². The van der Waals surface area contributed by atoms with E-state index >= 15 is 0 Å². The van der Waals surface area contributed by atoms with E-state index < -0.39 is 0 Å². The topological polar surface area (TPSA) is 46.6 Å². The minimum atomic E-state index is -0.376. The van der Waals surface area contributed by atoms with E-state index in [4.69, 9.17) is 4.74 Å². The molecule has 1 amide bonds. The van der Waals surface area contributed by atoms with Crippen LogP contribution < -0.4 is 0 Å². The lowest BCUT2D eigenvalue weighted by atomic mass is 10.1. The first kappa shape index (κ1) is 17.6. The first-order chi connectivity index (χ1) is 9.99. The SMILES string of the molecule is CCOC(=O)CN(C(=O)c1ccc(CSC)cc1)C(C)C. The molecule has 0 atom stereocenters. The van der Waals surface area contributed by atoms with Crippen LogP contribution in [0.15, 0.2) is 24.3 Å². The molecular formula is C16H23NO3S. The number of amides is 1. The average Bonchev–Trinajstić information content (AvgIpc) is 2.45. The number of hydrogen-bond donors (Lipinski definition) is 0. The smallest absolute Gasteiger partial charge is 0.325 e. The van der Waals surface area contributed by atoms with Crippen LogP contribution in [0.2, 0.25) is 0 Å². The summed E-state index contributed by atoms with van der Waals surface area (Å²) in [6.07, 6.45) is 2.04. The monoisotopic (exact) mass is 309 g/mol. The zero-order valence-corrected chi connectivity index (χ0v) is 13.9. The van der Waals surface area contributed by atoms with Gasteiger partial charge in [-0.15, -0.1) is 0 Å². The average molecular weight is 309 g/mol. The van der Waals surface area contributed by atoms with Crippen molar-refractivity contribution >= 4 is 23.6 Å². The Morgan fingerprint density at radius 1 is 1.24 bits per heavy atom.